The number of anilines is 3. The number of methoxy groups -OCH3 is 1. The monoisotopic (exact) mass is 532 g/mol. The summed E-state index contributed by atoms with van der Waals surface area (Å²) in [5, 5.41) is 2.97. The molecule has 0 aliphatic heterocycles. The number of ether oxygens (including phenoxy) is 1. The van der Waals surface area contributed by atoms with Crippen molar-refractivity contribution in [3.05, 3.63) is 76.9 Å². The number of carbonyl (C=O) groups excluding carboxylic acids is 2. The first-order valence-electron chi connectivity index (χ1n) is 10.3. The molecule has 1 aliphatic rings. The summed E-state index contributed by atoms with van der Waals surface area (Å²) in [7, 11) is -7.48. The van der Waals surface area contributed by atoms with E-state index in [-0.39, 0.29) is 50.0 Å². The van der Waals surface area contributed by atoms with Crippen LogP contribution in [0.5, 0.6) is 5.75 Å². The molecule has 11 nitrogen and oxygen atoms in total. The van der Waals surface area contributed by atoms with Crippen molar-refractivity contribution in [1.82, 2.24) is 0 Å². The lowest BCUT2D eigenvalue weighted by molar-refractivity contribution is 0.0980. The standard InChI is InChI=1S/C23H20N2O9S2/c1-33-19-9-6-13(35(28,29)11-10-34-36(30,31)32)12-18(19)25-17-8-7-16(24)20-21(17)23(27)15-5-3-2-4-14(15)22(20)26/h2-9,12,25H,10-11,24H2,1H3,(H,30,31,32). The fourth-order valence-electron chi connectivity index (χ4n) is 3.84. The second kappa shape index (κ2) is 9.35. The summed E-state index contributed by atoms with van der Waals surface area (Å²) in [5.74, 6) is -1.35. The molecular formula is C23H20N2O9S2. The maximum absolute atomic E-state index is 13.3. The lowest BCUT2D eigenvalue weighted by atomic mass is 9.82. The average Bonchev–Trinajstić information content (AvgIpc) is 2.82. The van der Waals surface area contributed by atoms with Crippen molar-refractivity contribution in [2.24, 2.45) is 0 Å². The maximum Gasteiger partial charge on any atom is 0.397 e. The van der Waals surface area contributed by atoms with Crippen LogP contribution in [0, 0.1) is 0 Å². The Morgan fingerprint density at radius 3 is 2.14 bits per heavy atom. The van der Waals surface area contributed by atoms with Gasteiger partial charge < -0.3 is 15.8 Å². The number of benzene rings is 3. The molecule has 0 saturated heterocycles. The molecule has 4 rings (SSSR count). The second-order valence-electron chi connectivity index (χ2n) is 7.71. The van der Waals surface area contributed by atoms with E-state index in [1.54, 1.807) is 18.2 Å². The van der Waals surface area contributed by atoms with Gasteiger partial charge in [0.15, 0.2) is 21.4 Å². The molecule has 0 atom stereocenters. The van der Waals surface area contributed by atoms with Crippen LogP contribution in [-0.4, -0.2) is 52.4 Å². The Morgan fingerprint density at radius 2 is 1.53 bits per heavy atom. The van der Waals surface area contributed by atoms with Gasteiger partial charge in [-0.3, -0.25) is 14.1 Å². The van der Waals surface area contributed by atoms with Crippen molar-refractivity contribution in [2.75, 3.05) is 30.5 Å². The highest BCUT2D eigenvalue weighted by molar-refractivity contribution is 7.91. The quantitative estimate of drug-likeness (QED) is 0.224. The molecule has 0 fully saturated rings. The van der Waals surface area contributed by atoms with Crippen molar-refractivity contribution < 1.29 is 39.9 Å². The van der Waals surface area contributed by atoms with Gasteiger partial charge in [-0.05, 0) is 30.3 Å². The first-order chi connectivity index (χ1) is 16.9. The zero-order valence-electron chi connectivity index (χ0n) is 18.7. The second-order valence-corrected chi connectivity index (χ2v) is 10.9. The molecule has 0 bridgehead atoms. The third kappa shape index (κ3) is 4.81. The number of sulfone groups is 1. The van der Waals surface area contributed by atoms with Crippen LogP contribution in [0.4, 0.5) is 17.1 Å². The number of hydrogen-bond donors (Lipinski definition) is 3. The fraction of sp³-hybridized carbons (Fsp3) is 0.130. The van der Waals surface area contributed by atoms with Crippen molar-refractivity contribution >= 4 is 48.9 Å². The Bertz CT molecular complexity index is 1610. The summed E-state index contributed by atoms with van der Waals surface area (Å²) in [6.45, 7) is -0.794. The fourth-order valence-corrected chi connectivity index (χ4v) is 5.35. The molecule has 13 heteroatoms. The van der Waals surface area contributed by atoms with Gasteiger partial charge in [-0.1, -0.05) is 24.3 Å². The smallest absolute Gasteiger partial charge is 0.397 e. The Morgan fingerprint density at radius 1 is 0.889 bits per heavy atom. The predicted molar refractivity (Wildman–Crippen MR) is 130 cm³/mol. The van der Waals surface area contributed by atoms with E-state index in [4.69, 9.17) is 15.0 Å². The number of fused-ring (bicyclic) bond motifs is 2. The van der Waals surface area contributed by atoms with Crippen LogP contribution in [0.3, 0.4) is 0 Å². The summed E-state index contributed by atoms with van der Waals surface area (Å²) in [6.07, 6.45) is 0. The molecule has 1 aliphatic carbocycles. The van der Waals surface area contributed by atoms with E-state index >= 15 is 0 Å². The van der Waals surface area contributed by atoms with E-state index in [9.17, 15) is 26.4 Å². The highest BCUT2D eigenvalue weighted by Crippen LogP contribution is 2.38. The Balaban J connectivity index is 1.75. The summed E-state index contributed by atoms with van der Waals surface area (Å²) < 4.78 is 64.9. The van der Waals surface area contributed by atoms with E-state index in [1.165, 1.54) is 43.5 Å². The molecule has 0 saturated carbocycles. The first-order valence-corrected chi connectivity index (χ1v) is 13.4. The maximum atomic E-state index is 13.3. The Hall–Kier alpha value is -3.78. The minimum Gasteiger partial charge on any atom is -0.495 e. The molecule has 188 valence electrons. The zero-order valence-corrected chi connectivity index (χ0v) is 20.4. The van der Waals surface area contributed by atoms with E-state index in [1.807, 2.05) is 0 Å². The van der Waals surface area contributed by atoms with Crippen LogP contribution in [0.2, 0.25) is 0 Å². The molecule has 0 aromatic heterocycles. The lowest BCUT2D eigenvalue weighted by Gasteiger charge is -2.23. The normalized spacial score (nSPS) is 13.2. The van der Waals surface area contributed by atoms with Gasteiger partial charge in [-0.25, -0.2) is 12.6 Å². The van der Waals surface area contributed by atoms with Gasteiger partial charge in [0.05, 0.1) is 46.9 Å². The van der Waals surface area contributed by atoms with Gasteiger partial charge in [0.2, 0.25) is 0 Å². The molecular weight excluding hydrogens is 512 g/mol. The molecule has 0 spiro atoms. The zero-order chi connectivity index (χ0) is 26.3. The van der Waals surface area contributed by atoms with Gasteiger partial charge in [0, 0.05) is 16.8 Å². The Labute approximate surface area is 206 Å². The Kier molecular flexibility index (Phi) is 6.58. The molecule has 0 radical (unpaired) electrons. The minimum absolute atomic E-state index is 0.0359. The molecule has 3 aromatic carbocycles. The van der Waals surface area contributed by atoms with Crippen LogP contribution in [-0.2, 0) is 24.4 Å². The number of ketones is 2. The third-order valence-corrected chi connectivity index (χ3v) is 7.63. The van der Waals surface area contributed by atoms with E-state index in [0.717, 1.165) is 0 Å². The summed E-state index contributed by atoms with van der Waals surface area (Å²) in [5.41, 5.74) is 7.04. The third-order valence-electron chi connectivity index (χ3n) is 5.49. The number of hydrogen-bond acceptors (Lipinski definition) is 10. The van der Waals surface area contributed by atoms with Gasteiger partial charge in [0.25, 0.3) is 0 Å². The van der Waals surface area contributed by atoms with E-state index < -0.39 is 44.2 Å². The average molecular weight is 533 g/mol. The molecule has 3 aromatic rings. The number of nitrogen functional groups attached to an aromatic ring is 1. The lowest BCUT2D eigenvalue weighted by Crippen LogP contribution is -2.23. The molecule has 0 amide bonds. The highest BCUT2D eigenvalue weighted by atomic mass is 32.3. The summed E-state index contributed by atoms with van der Waals surface area (Å²) in [6, 6.07) is 13.2. The highest BCUT2D eigenvalue weighted by Gasteiger charge is 2.33. The van der Waals surface area contributed by atoms with Gasteiger partial charge in [-0.15, -0.1) is 0 Å². The van der Waals surface area contributed by atoms with Crippen LogP contribution < -0.4 is 15.8 Å². The number of carbonyl (C=O) groups is 2. The number of rotatable bonds is 8. The molecule has 0 unspecified atom stereocenters. The molecule has 0 heterocycles. The molecule has 36 heavy (non-hydrogen) atoms. The van der Waals surface area contributed by atoms with Crippen LogP contribution in [0.15, 0.2) is 59.5 Å². The van der Waals surface area contributed by atoms with Gasteiger partial charge >= 0.3 is 10.4 Å². The minimum atomic E-state index is -4.80. The number of nitrogens with two attached hydrogens (primary N) is 1. The van der Waals surface area contributed by atoms with Crippen molar-refractivity contribution in [2.45, 2.75) is 4.90 Å². The van der Waals surface area contributed by atoms with Gasteiger partial charge in [0.1, 0.15) is 5.75 Å². The van der Waals surface area contributed by atoms with Crippen LogP contribution >= 0.6 is 0 Å². The van der Waals surface area contributed by atoms with Crippen LogP contribution in [0.1, 0.15) is 31.8 Å². The topological polar surface area (TPSA) is 179 Å². The summed E-state index contributed by atoms with van der Waals surface area (Å²) >= 11 is 0. The van der Waals surface area contributed by atoms with Crippen molar-refractivity contribution in [3.8, 4) is 5.75 Å². The van der Waals surface area contributed by atoms with E-state index in [0.29, 0.717) is 0 Å². The van der Waals surface area contributed by atoms with Crippen LogP contribution in [0.25, 0.3) is 0 Å². The summed E-state index contributed by atoms with van der Waals surface area (Å²) in [4.78, 5) is 26.3. The van der Waals surface area contributed by atoms with Gasteiger partial charge in [-0.2, -0.15) is 8.42 Å². The SMILES string of the molecule is COc1ccc(S(=O)(=O)CCOS(=O)(=O)O)cc1Nc1ccc(N)c2c1C(=O)c1ccccc1C2=O. The largest absolute Gasteiger partial charge is 0.495 e. The van der Waals surface area contributed by atoms with Crippen molar-refractivity contribution in [3.63, 3.8) is 0 Å². The first kappa shape index (κ1) is 25.3. The van der Waals surface area contributed by atoms with E-state index in [2.05, 4.69) is 9.50 Å². The number of nitrogens with one attached hydrogen (secondary N) is 1. The van der Waals surface area contributed by atoms with Crippen molar-refractivity contribution in [1.29, 1.82) is 0 Å². The predicted octanol–water partition coefficient (Wildman–Crippen LogP) is 2.39. The molecule has 4 N–H and O–H groups in total.